The Morgan fingerprint density at radius 3 is 2.76 bits per heavy atom. The molecule has 0 aliphatic heterocycles. The Bertz CT molecular complexity index is 788. The fraction of sp³-hybridized carbons (Fsp3) is 0.312. The summed E-state index contributed by atoms with van der Waals surface area (Å²) in [5.74, 6) is 0.939. The lowest BCUT2D eigenvalue weighted by Gasteiger charge is -2.08. The van der Waals surface area contributed by atoms with Gasteiger partial charge in [0.2, 0.25) is 0 Å². The van der Waals surface area contributed by atoms with Crippen LogP contribution in [0, 0.1) is 6.92 Å². The van der Waals surface area contributed by atoms with Gasteiger partial charge in [0.05, 0.1) is 34.5 Å². The van der Waals surface area contributed by atoms with E-state index in [9.17, 15) is 0 Å². The summed E-state index contributed by atoms with van der Waals surface area (Å²) in [5.41, 5.74) is 3.34. The summed E-state index contributed by atoms with van der Waals surface area (Å²) in [4.78, 5) is 0. The fourth-order valence-corrected chi connectivity index (χ4v) is 3.09. The standard InChI is InChI=1S/C16H18BrN3O/c1-4-21-15-7-5-6-13-12(15)8-9-20(13)10-14-16(17)11(2)18-19(14)3/h5-9H,4,10H2,1-3H3. The van der Waals surface area contributed by atoms with Crippen molar-refractivity contribution in [2.24, 2.45) is 7.05 Å². The van der Waals surface area contributed by atoms with Crippen LogP contribution in [0.2, 0.25) is 0 Å². The molecule has 2 aromatic heterocycles. The SMILES string of the molecule is CCOc1cccc2c1ccn2Cc1c(Br)c(C)nn1C. The van der Waals surface area contributed by atoms with E-state index in [0.717, 1.165) is 33.5 Å². The van der Waals surface area contributed by atoms with Crippen LogP contribution in [0.1, 0.15) is 18.3 Å². The molecule has 0 fully saturated rings. The van der Waals surface area contributed by atoms with Gasteiger partial charge in [-0.25, -0.2) is 0 Å². The number of hydrogen-bond donors (Lipinski definition) is 0. The molecule has 2 heterocycles. The van der Waals surface area contributed by atoms with Gasteiger partial charge in [0.25, 0.3) is 0 Å². The molecule has 3 rings (SSSR count). The first-order valence-corrected chi connectivity index (χ1v) is 7.79. The van der Waals surface area contributed by atoms with Crippen molar-refractivity contribution in [3.05, 3.63) is 46.3 Å². The van der Waals surface area contributed by atoms with Crippen molar-refractivity contribution in [2.45, 2.75) is 20.4 Å². The third-order valence-corrected chi connectivity index (χ3v) is 4.69. The Hall–Kier alpha value is -1.75. The van der Waals surface area contributed by atoms with E-state index < -0.39 is 0 Å². The van der Waals surface area contributed by atoms with Crippen LogP contribution < -0.4 is 4.74 Å². The zero-order valence-electron chi connectivity index (χ0n) is 12.4. The lowest BCUT2D eigenvalue weighted by Crippen LogP contribution is -2.05. The van der Waals surface area contributed by atoms with E-state index in [2.05, 4.69) is 43.9 Å². The van der Waals surface area contributed by atoms with E-state index in [1.165, 1.54) is 5.52 Å². The monoisotopic (exact) mass is 347 g/mol. The number of halogens is 1. The Labute approximate surface area is 132 Å². The van der Waals surface area contributed by atoms with Crippen molar-refractivity contribution in [1.29, 1.82) is 0 Å². The minimum Gasteiger partial charge on any atom is -0.493 e. The van der Waals surface area contributed by atoms with E-state index in [1.54, 1.807) is 0 Å². The molecule has 5 heteroatoms. The van der Waals surface area contributed by atoms with E-state index in [-0.39, 0.29) is 0 Å². The van der Waals surface area contributed by atoms with Crippen LogP contribution in [-0.2, 0) is 13.6 Å². The highest BCUT2D eigenvalue weighted by Crippen LogP contribution is 2.28. The van der Waals surface area contributed by atoms with E-state index in [0.29, 0.717) is 6.61 Å². The van der Waals surface area contributed by atoms with Gasteiger partial charge in [-0.3, -0.25) is 4.68 Å². The highest BCUT2D eigenvalue weighted by atomic mass is 79.9. The minimum atomic E-state index is 0.677. The molecule has 110 valence electrons. The molecule has 0 spiro atoms. The summed E-state index contributed by atoms with van der Waals surface area (Å²) in [6, 6.07) is 8.28. The number of hydrogen-bond acceptors (Lipinski definition) is 2. The maximum atomic E-state index is 5.69. The van der Waals surface area contributed by atoms with Crippen LogP contribution in [-0.4, -0.2) is 21.0 Å². The fourth-order valence-electron chi connectivity index (χ4n) is 2.63. The van der Waals surface area contributed by atoms with Crippen LogP contribution in [0.15, 0.2) is 34.9 Å². The van der Waals surface area contributed by atoms with Gasteiger partial charge >= 0.3 is 0 Å². The van der Waals surface area contributed by atoms with Gasteiger partial charge in [-0.1, -0.05) is 6.07 Å². The Morgan fingerprint density at radius 2 is 2.10 bits per heavy atom. The molecule has 1 aromatic carbocycles. The van der Waals surface area contributed by atoms with Crippen molar-refractivity contribution in [3.63, 3.8) is 0 Å². The van der Waals surface area contributed by atoms with Gasteiger partial charge in [0.1, 0.15) is 5.75 Å². The van der Waals surface area contributed by atoms with Crippen molar-refractivity contribution < 1.29 is 4.74 Å². The second kappa shape index (κ2) is 5.56. The zero-order chi connectivity index (χ0) is 15.0. The minimum absolute atomic E-state index is 0.677. The van der Waals surface area contributed by atoms with Crippen LogP contribution in [0.4, 0.5) is 0 Å². The van der Waals surface area contributed by atoms with Crippen LogP contribution in [0.25, 0.3) is 10.9 Å². The molecule has 0 saturated carbocycles. The summed E-state index contributed by atoms with van der Waals surface area (Å²) in [6.45, 7) is 5.47. The highest BCUT2D eigenvalue weighted by molar-refractivity contribution is 9.10. The summed E-state index contributed by atoms with van der Waals surface area (Å²) in [6.07, 6.45) is 2.10. The number of nitrogens with zero attached hydrogens (tertiary/aromatic N) is 3. The van der Waals surface area contributed by atoms with Gasteiger partial charge in [-0.15, -0.1) is 0 Å². The molecular formula is C16H18BrN3O. The molecule has 3 aromatic rings. The van der Waals surface area contributed by atoms with Gasteiger partial charge in [-0.05, 0) is 48.0 Å². The first-order valence-electron chi connectivity index (χ1n) is 7.00. The third-order valence-electron chi connectivity index (χ3n) is 3.66. The molecule has 4 nitrogen and oxygen atoms in total. The Balaban J connectivity index is 2.04. The quantitative estimate of drug-likeness (QED) is 0.716. The van der Waals surface area contributed by atoms with Gasteiger partial charge in [0, 0.05) is 18.6 Å². The van der Waals surface area contributed by atoms with Crippen molar-refractivity contribution in [3.8, 4) is 5.75 Å². The first-order chi connectivity index (χ1) is 10.1. The molecule has 0 saturated heterocycles. The second-order valence-corrected chi connectivity index (χ2v) is 5.83. The molecule has 0 radical (unpaired) electrons. The summed E-state index contributed by atoms with van der Waals surface area (Å²) >= 11 is 3.63. The predicted octanol–water partition coefficient (Wildman–Crippen LogP) is 3.89. The molecule has 0 bridgehead atoms. The van der Waals surface area contributed by atoms with E-state index in [1.807, 2.05) is 37.7 Å². The number of aryl methyl sites for hydroxylation is 2. The largest absolute Gasteiger partial charge is 0.493 e. The molecule has 21 heavy (non-hydrogen) atoms. The van der Waals surface area contributed by atoms with Crippen LogP contribution >= 0.6 is 15.9 Å². The summed E-state index contributed by atoms with van der Waals surface area (Å²) in [5, 5.41) is 5.60. The highest BCUT2D eigenvalue weighted by Gasteiger charge is 2.13. The van der Waals surface area contributed by atoms with Gasteiger partial charge in [0.15, 0.2) is 0 Å². The molecule has 0 atom stereocenters. The molecule has 0 amide bonds. The summed E-state index contributed by atoms with van der Waals surface area (Å²) < 4.78 is 10.9. The van der Waals surface area contributed by atoms with Crippen molar-refractivity contribution >= 4 is 26.8 Å². The number of ether oxygens (including phenoxy) is 1. The van der Waals surface area contributed by atoms with Gasteiger partial charge < -0.3 is 9.30 Å². The topological polar surface area (TPSA) is 32.0 Å². The normalized spacial score (nSPS) is 11.2. The van der Waals surface area contributed by atoms with Crippen molar-refractivity contribution in [1.82, 2.24) is 14.3 Å². The lowest BCUT2D eigenvalue weighted by atomic mass is 10.2. The van der Waals surface area contributed by atoms with E-state index >= 15 is 0 Å². The zero-order valence-corrected chi connectivity index (χ0v) is 14.0. The van der Waals surface area contributed by atoms with Crippen LogP contribution in [0.3, 0.4) is 0 Å². The summed E-state index contributed by atoms with van der Waals surface area (Å²) in [7, 11) is 1.98. The maximum absolute atomic E-state index is 5.69. The third kappa shape index (κ3) is 2.46. The smallest absolute Gasteiger partial charge is 0.128 e. The first kappa shape index (κ1) is 14.2. The average Bonchev–Trinajstić information content (AvgIpc) is 2.97. The Kier molecular flexibility index (Phi) is 3.76. The molecular weight excluding hydrogens is 330 g/mol. The predicted molar refractivity (Wildman–Crippen MR) is 87.9 cm³/mol. The maximum Gasteiger partial charge on any atom is 0.128 e. The molecule has 0 N–H and O–H groups in total. The number of rotatable bonds is 4. The molecule has 0 aliphatic carbocycles. The van der Waals surface area contributed by atoms with E-state index in [4.69, 9.17) is 4.74 Å². The molecule has 0 aliphatic rings. The number of benzene rings is 1. The lowest BCUT2D eigenvalue weighted by molar-refractivity contribution is 0.344. The average molecular weight is 348 g/mol. The van der Waals surface area contributed by atoms with Crippen molar-refractivity contribution in [2.75, 3.05) is 6.61 Å². The Morgan fingerprint density at radius 1 is 1.29 bits per heavy atom. The second-order valence-electron chi connectivity index (χ2n) is 5.04. The van der Waals surface area contributed by atoms with Gasteiger partial charge in [-0.2, -0.15) is 5.10 Å². The molecule has 0 unspecified atom stereocenters. The number of aromatic nitrogens is 3. The number of fused-ring (bicyclic) bond motifs is 1. The van der Waals surface area contributed by atoms with Crippen LogP contribution in [0.5, 0.6) is 5.75 Å².